The Morgan fingerprint density at radius 1 is 1.17 bits per heavy atom. The molecule has 0 aliphatic carbocycles. The second-order valence-corrected chi connectivity index (χ2v) is 10.0. The van der Waals surface area contributed by atoms with Crippen LogP contribution in [-0.4, -0.2) is 59.4 Å². The van der Waals surface area contributed by atoms with Gasteiger partial charge in [0.15, 0.2) is 0 Å². The van der Waals surface area contributed by atoms with E-state index in [0.717, 1.165) is 27.2 Å². The fourth-order valence-electron chi connectivity index (χ4n) is 4.89. The zero-order chi connectivity index (χ0) is 24.9. The van der Waals surface area contributed by atoms with E-state index in [2.05, 4.69) is 10.3 Å². The number of halogens is 1. The van der Waals surface area contributed by atoms with Crippen LogP contribution in [-0.2, 0) is 4.79 Å². The van der Waals surface area contributed by atoms with E-state index in [1.54, 1.807) is 28.0 Å². The van der Waals surface area contributed by atoms with Gasteiger partial charge >= 0.3 is 0 Å². The summed E-state index contributed by atoms with van der Waals surface area (Å²) in [6, 6.07) is 16.6. The number of fused-ring (bicyclic) bond motifs is 4. The predicted octanol–water partition coefficient (Wildman–Crippen LogP) is 4.90. The lowest BCUT2D eigenvalue weighted by molar-refractivity contribution is -0.116. The molecule has 180 valence electrons. The molecule has 8 heteroatoms. The van der Waals surface area contributed by atoms with Gasteiger partial charge in [-0.3, -0.25) is 9.59 Å². The number of anilines is 2. The Balaban J connectivity index is 1.50. The third kappa shape index (κ3) is 4.22. The summed E-state index contributed by atoms with van der Waals surface area (Å²) in [5, 5.41) is 15.8. The molecule has 1 aromatic heterocycles. The molecule has 1 aliphatic heterocycles. The average Bonchev–Trinajstić information content (AvgIpc) is 3.40. The molecule has 7 nitrogen and oxygen atoms in total. The van der Waals surface area contributed by atoms with Crippen LogP contribution in [0.2, 0.25) is 0 Å². The van der Waals surface area contributed by atoms with Gasteiger partial charge in [0.05, 0.1) is 12.2 Å². The molecule has 4 aromatic rings. The van der Waals surface area contributed by atoms with Crippen LogP contribution in [0, 0.1) is 0 Å². The van der Waals surface area contributed by atoms with Gasteiger partial charge in [-0.2, -0.15) is 0 Å². The molecule has 0 fully saturated rings. The number of phenols is 1. The number of phenolic OH excluding ortho intramolecular Hbond substituents is 1. The van der Waals surface area contributed by atoms with Gasteiger partial charge in [-0.05, 0) is 56.2 Å². The standard InChI is InChI=1S/C27H27ClN4O3/c1-15(28)20-13-32(23-12-24(33)18-6-4-5-7-19(18)26(20)23)27(35)22-11-16-10-17(8-9-21(16)30-22)29-25(34)14-31(2)3/h4-12,15,20,30,33H,13-14H2,1-3H3,(H,29,34)/t15?,20-/m0/s1. The minimum absolute atomic E-state index is 0.0657. The lowest BCUT2D eigenvalue weighted by atomic mass is 9.92. The van der Waals surface area contributed by atoms with Crippen molar-refractivity contribution in [3.63, 3.8) is 0 Å². The third-order valence-electron chi connectivity index (χ3n) is 6.48. The highest BCUT2D eigenvalue weighted by Gasteiger charge is 2.37. The van der Waals surface area contributed by atoms with Crippen LogP contribution < -0.4 is 10.2 Å². The van der Waals surface area contributed by atoms with E-state index in [1.165, 1.54) is 0 Å². The van der Waals surface area contributed by atoms with E-state index in [1.807, 2.05) is 57.4 Å². The Bertz CT molecular complexity index is 1460. The average molecular weight is 491 g/mol. The molecule has 3 aromatic carbocycles. The van der Waals surface area contributed by atoms with Gasteiger partial charge < -0.3 is 25.2 Å². The first-order valence-electron chi connectivity index (χ1n) is 11.5. The Morgan fingerprint density at radius 3 is 2.63 bits per heavy atom. The smallest absolute Gasteiger partial charge is 0.274 e. The Morgan fingerprint density at radius 2 is 1.91 bits per heavy atom. The number of carbonyl (C=O) groups is 2. The van der Waals surface area contributed by atoms with Crippen molar-refractivity contribution in [2.24, 2.45) is 0 Å². The number of aromatic nitrogens is 1. The SMILES string of the molecule is CC(Cl)[C@@H]1CN(C(=O)c2cc3cc(NC(=O)CN(C)C)ccc3[nH]2)c2cc(O)c3ccccc3c21. The van der Waals surface area contributed by atoms with Gasteiger partial charge in [0.25, 0.3) is 5.91 Å². The highest BCUT2D eigenvalue weighted by Crippen LogP contribution is 2.47. The molecule has 0 saturated carbocycles. The summed E-state index contributed by atoms with van der Waals surface area (Å²) >= 11 is 6.58. The van der Waals surface area contributed by atoms with Crippen LogP contribution in [0.5, 0.6) is 5.75 Å². The zero-order valence-corrected chi connectivity index (χ0v) is 20.6. The molecule has 35 heavy (non-hydrogen) atoms. The predicted molar refractivity (Wildman–Crippen MR) is 141 cm³/mol. The topological polar surface area (TPSA) is 88.7 Å². The number of aromatic hydroxyl groups is 1. The molecule has 1 aliphatic rings. The number of H-pyrrole nitrogens is 1. The molecule has 0 saturated heterocycles. The zero-order valence-electron chi connectivity index (χ0n) is 19.8. The summed E-state index contributed by atoms with van der Waals surface area (Å²) in [6.07, 6.45) is 0. The largest absolute Gasteiger partial charge is 0.507 e. The number of hydrogen-bond acceptors (Lipinski definition) is 4. The molecular weight excluding hydrogens is 464 g/mol. The van der Waals surface area contributed by atoms with Gasteiger partial charge in [-0.25, -0.2) is 0 Å². The maximum atomic E-state index is 13.7. The van der Waals surface area contributed by atoms with E-state index >= 15 is 0 Å². The second kappa shape index (κ2) is 8.91. The number of aromatic amines is 1. The maximum absolute atomic E-state index is 13.7. The fourth-order valence-corrected chi connectivity index (χ4v) is 5.10. The Kier molecular flexibility index (Phi) is 5.91. The molecule has 5 rings (SSSR count). The first-order valence-corrected chi connectivity index (χ1v) is 11.9. The number of amides is 2. The lowest BCUT2D eigenvalue weighted by Gasteiger charge is -2.18. The third-order valence-corrected chi connectivity index (χ3v) is 6.78. The summed E-state index contributed by atoms with van der Waals surface area (Å²) in [4.78, 5) is 32.5. The molecule has 0 spiro atoms. The van der Waals surface area contributed by atoms with Crippen LogP contribution >= 0.6 is 11.6 Å². The first kappa shape index (κ1) is 23.2. The Labute approximate surface area is 208 Å². The van der Waals surface area contributed by atoms with Crippen LogP contribution in [0.3, 0.4) is 0 Å². The van der Waals surface area contributed by atoms with Crippen molar-refractivity contribution in [3.8, 4) is 5.75 Å². The van der Waals surface area contributed by atoms with Gasteiger partial charge in [0, 0.05) is 45.9 Å². The van der Waals surface area contributed by atoms with Crippen molar-refractivity contribution in [2.75, 3.05) is 37.4 Å². The van der Waals surface area contributed by atoms with Crippen molar-refractivity contribution >= 4 is 56.5 Å². The fraction of sp³-hybridized carbons (Fsp3) is 0.259. The number of rotatable bonds is 5. The van der Waals surface area contributed by atoms with E-state index in [0.29, 0.717) is 23.6 Å². The van der Waals surface area contributed by atoms with E-state index in [-0.39, 0.29) is 35.4 Å². The monoisotopic (exact) mass is 490 g/mol. The highest BCUT2D eigenvalue weighted by atomic mass is 35.5. The molecule has 1 unspecified atom stereocenters. The molecule has 0 bridgehead atoms. The van der Waals surface area contributed by atoms with Crippen molar-refractivity contribution < 1.29 is 14.7 Å². The Hall–Kier alpha value is -3.55. The first-order chi connectivity index (χ1) is 16.7. The van der Waals surface area contributed by atoms with Crippen LogP contribution in [0.4, 0.5) is 11.4 Å². The van der Waals surface area contributed by atoms with Crippen LogP contribution in [0.25, 0.3) is 21.7 Å². The van der Waals surface area contributed by atoms with Crippen LogP contribution in [0.1, 0.15) is 28.9 Å². The number of nitrogens with one attached hydrogen (secondary N) is 2. The van der Waals surface area contributed by atoms with Gasteiger partial charge in [-0.1, -0.05) is 24.3 Å². The normalized spacial score (nSPS) is 16.1. The molecule has 0 radical (unpaired) electrons. The minimum atomic E-state index is -0.199. The number of benzene rings is 3. The summed E-state index contributed by atoms with van der Waals surface area (Å²) in [5.74, 6) is -0.239. The van der Waals surface area contributed by atoms with Gasteiger partial charge in [0.1, 0.15) is 11.4 Å². The van der Waals surface area contributed by atoms with E-state index in [9.17, 15) is 14.7 Å². The molecular formula is C27H27ClN4O3. The molecule has 2 heterocycles. The van der Waals surface area contributed by atoms with Crippen LogP contribution in [0.15, 0.2) is 54.6 Å². The van der Waals surface area contributed by atoms with Gasteiger partial charge in [0.2, 0.25) is 5.91 Å². The van der Waals surface area contributed by atoms with Crippen molar-refractivity contribution in [1.29, 1.82) is 0 Å². The lowest BCUT2D eigenvalue weighted by Crippen LogP contribution is -2.31. The summed E-state index contributed by atoms with van der Waals surface area (Å²) in [7, 11) is 3.67. The van der Waals surface area contributed by atoms with Crippen molar-refractivity contribution in [2.45, 2.75) is 18.2 Å². The molecule has 2 amide bonds. The second-order valence-electron chi connectivity index (χ2n) is 9.34. The van der Waals surface area contributed by atoms with E-state index in [4.69, 9.17) is 11.6 Å². The van der Waals surface area contributed by atoms with Crippen molar-refractivity contribution in [1.82, 2.24) is 9.88 Å². The highest BCUT2D eigenvalue weighted by molar-refractivity contribution is 6.22. The number of alkyl halides is 1. The molecule has 2 atom stereocenters. The molecule has 3 N–H and O–H groups in total. The number of nitrogens with zero attached hydrogens (tertiary/aromatic N) is 2. The number of carbonyl (C=O) groups excluding carboxylic acids is 2. The number of hydrogen-bond donors (Lipinski definition) is 3. The van der Waals surface area contributed by atoms with E-state index < -0.39 is 0 Å². The van der Waals surface area contributed by atoms with Gasteiger partial charge in [-0.15, -0.1) is 11.6 Å². The van der Waals surface area contributed by atoms with Crippen molar-refractivity contribution in [3.05, 3.63) is 65.9 Å². The summed E-state index contributed by atoms with van der Waals surface area (Å²) in [5.41, 5.74) is 3.55. The summed E-state index contributed by atoms with van der Waals surface area (Å²) in [6.45, 7) is 2.64. The quantitative estimate of drug-likeness (QED) is 0.347. The summed E-state index contributed by atoms with van der Waals surface area (Å²) < 4.78 is 0. The maximum Gasteiger partial charge on any atom is 0.274 e. The minimum Gasteiger partial charge on any atom is -0.507 e. The number of likely N-dealkylation sites (N-methyl/N-ethyl adjacent to an activating group) is 1.